The van der Waals surface area contributed by atoms with Crippen LogP contribution >= 0.6 is 0 Å². The Morgan fingerprint density at radius 2 is 2.17 bits per heavy atom. The van der Waals surface area contributed by atoms with Crippen LogP contribution in [-0.4, -0.2) is 49.9 Å². The first-order valence-electron chi connectivity index (χ1n) is 6.29. The van der Waals surface area contributed by atoms with E-state index in [0.29, 0.717) is 19.0 Å². The summed E-state index contributed by atoms with van der Waals surface area (Å²) in [7, 11) is 1.86. The molecular formula is C12H20N4O2. The number of hydrogen-bond acceptors (Lipinski definition) is 6. The van der Waals surface area contributed by atoms with Crippen molar-refractivity contribution < 1.29 is 9.47 Å². The molecule has 0 radical (unpaired) electrons. The van der Waals surface area contributed by atoms with Crippen molar-refractivity contribution >= 4 is 11.6 Å². The van der Waals surface area contributed by atoms with Crippen molar-refractivity contribution in [3.8, 4) is 0 Å². The summed E-state index contributed by atoms with van der Waals surface area (Å²) in [5.41, 5.74) is 0. The second kappa shape index (κ2) is 6.51. The van der Waals surface area contributed by atoms with Crippen LogP contribution in [0.25, 0.3) is 0 Å². The zero-order valence-corrected chi connectivity index (χ0v) is 11.0. The van der Waals surface area contributed by atoms with Crippen LogP contribution in [0.15, 0.2) is 6.07 Å². The predicted molar refractivity (Wildman–Crippen MR) is 69.9 cm³/mol. The molecule has 100 valence electrons. The Morgan fingerprint density at radius 3 is 2.83 bits per heavy atom. The maximum Gasteiger partial charge on any atom is 0.158 e. The lowest BCUT2D eigenvalue weighted by atomic mass is 10.4. The number of hydrogen-bond donors (Lipinski definition) is 1. The van der Waals surface area contributed by atoms with Gasteiger partial charge < -0.3 is 19.7 Å². The lowest BCUT2D eigenvalue weighted by molar-refractivity contribution is 0.121. The average Bonchev–Trinajstić information content (AvgIpc) is 2.45. The van der Waals surface area contributed by atoms with E-state index in [-0.39, 0.29) is 0 Å². The molecule has 0 aromatic carbocycles. The number of rotatable bonds is 5. The van der Waals surface area contributed by atoms with Gasteiger partial charge in [0.2, 0.25) is 0 Å². The summed E-state index contributed by atoms with van der Waals surface area (Å²) < 4.78 is 10.7. The van der Waals surface area contributed by atoms with Gasteiger partial charge in [0, 0.05) is 32.8 Å². The van der Waals surface area contributed by atoms with Crippen molar-refractivity contribution in [2.45, 2.75) is 13.5 Å². The molecule has 0 aliphatic carbocycles. The van der Waals surface area contributed by atoms with E-state index in [1.165, 1.54) is 0 Å². The van der Waals surface area contributed by atoms with Crippen LogP contribution in [0.1, 0.15) is 12.7 Å². The largest absolute Gasteiger partial charge is 0.378 e. The molecule has 6 heteroatoms. The minimum Gasteiger partial charge on any atom is -0.378 e. The molecule has 0 unspecified atom stereocenters. The maximum atomic E-state index is 5.37. The topological polar surface area (TPSA) is 59.5 Å². The molecule has 0 saturated carbocycles. The molecule has 0 amide bonds. The third kappa shape index (κ3) is 3.30. The van der Waals surface area contributed by atoms with Crippen molar-refractivity contribution in [2.75, 3.05) is 50.2 Å². The molecule has 6 nitrogen and oxygen atoms in total. The zero-order valence-electron chi connectivity index (χ0n) is 11.0. The first-order chi connectivity index (χ1) is 8.83. The van der Waals surface area contributed by atoms with E-state index < -0.39 is 0 Å². The standard InChI is InChI=1S/C12H20N4O2/c1-3-17-9-11-14-10(13-2)8-12(15-11)16-4-6-18-7-5-16/h8H,3-7,9H2,1-2H3,(H,13,14,15). The summed E-state index contributed by atoms with van der Waals surface area (Å²) in [5.74, 6) is 2.47. The summed E-state index contributed by atoms with van der Waals surface area (Å²) in [5, 5.41) is 3.06. The molecule has 18 heavy (non-hydrogen) atoms. The van der Waals surface area contributed by atoms with E-state index in [1.54, 1.807) is 0 Å². The van der Waals surface area contributed by atoms with Crippen molar-refractivity contribution in [1.82, 2.24) is 9.97 Å². The fourth-order valence-electron chi connectivity index (χ4n) is 1.82. The first kappa shape index (κ1) is 13.0. The van der Waals surface area contributed by atoms with Crippen LogP contribution in [0, 0.1) is 0 Å². The van der Waals surface area contributed by atoms with Gasteiger partial charge in [-0.1, -0.05) is 0 Å². The highest BCUT2D eigenvalue weighted by Crippen LogP contribution is 2.17. The van der Waals surface area contributed by atoms with Crippen molar-refractivity contribution in [2.24, 2.45) is 0 Å². The fraction of sp³-hybridized carbons (Fsp3) is 0.667. The van der Waals surface area contributed by atoms with E-state index >= 15 is 0 Å². The highest BCUT2D eigenvalue weighted by Gasteiger charge is 2.14. The lowest BCUT2D eigenvalue weighted by Crippen LogP contribution is -2.37. The number of nitrogens with zero attached hydrogens (tertiary/aromatic N) is 3. The second-order valence-corrected chi connectivity index (χ2v) is 4.01. The third-order valence-electron chi connectivity index (χ3n) is 2.79. The summed E-state index contributed by atoms with van der Waals surface area (Å²) in [6.45, 7) is 6.32. The van der Waals surface area contributed by atoms with Gasteiger partial charge in [-0.25, -0.2) is 9.97 Å². The maximum absolute atomic E-state index is 5.37. The minimum atomic E-state index is 0.448. The molecule has 1 aliphatic rings. The molecule has 1 N–H and O–H groups in total. The molecule has 1 saturated heterocycles. The quantitative estimate of drug-likeness (QED) is 0.840. The molecule has 0 spiro atoms. The highest BCUT2D eigenvalue weighted by molar-refractivity contribution is 5.49. The van der Waals surface area contributed by atoms with Gasteiger partial charge in [-0.2, -0.15) is 0 Å². The summed E-state index contributed by atoms with van der Waals surface area (Å²) in [6.07, 6.45) is 0. The van der Waals surface area contributed by atoms with E-state index in [4.69, 9.17) is 9.47 Å². The van der Waals surface area contributed by atoms with Crippen molar-refractivity contribution in [1.29, 1.82) is 0 Å². The van der Waals surface area contributed by atoms with Gasteiger partial charge in [0.25, 0.3) is 0 Å². The fourth-order valence-corrected chi connectivity index (χ4v) is 1.82. The van der Waals surface area contributed by atoms with Crippen LogP contribution < -0.4 is 10.2 Å². The van der Waals surface area contributed by atoms with Gasteiger partial charge in [0.05, 0.1) is 13.2 Å². The second-order valence-electron chi connectivity index (χ2n) is 4.01. The van der Waals surface area contributed by atoms with Crippen LogP contribution in [0.3, 0.4) is 0 Å². The summed E-state index contributed by atoms with van der Waals surface area (Å²) >= 11 is 0. The van der Waals surface area contributed by atoms with Crippen LogP contribution in [-0.2, 0) is 16.1 Å². The van der Waals surface area contributed by atoms with Crippen LogP contribution in [0.5, 0.6) is 0 Å². The number of ether oxygens (including phenoxy) is 2. The Balaban J connectivity index is 2.16. The number of nitrogens with one attached hydrogen (secondary N) is 1. The van der Waals surface area contributed by atoms with E-state index in [1.807, 2.05) is 20.0 Å². The molecule has 1 aromatic rings. The minimum absolute atomic E-state index is 0.448. The Morgan fingerprint density at radius 1 is 1.39 bits per heavy atom. The third-order valence-corrected chi connectivity index (χ3v) is 2.79. The molecule has 1 fully saturated rings. The van der Waals surface area contributed by atoms with Crippen molar-refractivity contribution in [3.05, 3.63) is 11.9 Å². The van der Waals surface area contributed by atoms with Crippen molar-refractivity contribution in [3.63, 3.8) is 0 Å². The number of anilines is 2. The molecule has 0 bridgehead atoms. The Bertz CT molecular complexity index is 380. The first-order valence-corrected chi connectivity index (χ1v) is 6.29. The van der Waals surface area contributed by atoms with Gasteiger partial charge in [0.1, 0.15) is 18.2 Å². The van der Waals surface area contributed by atoms with E-state index in [2.05, 4.69) is 20.2 Å². The summed E-state index contributed by atoms with van der Waals surface area (Å²) in [4.78, 5) is 11.1. The molecule has 2 heterocycles. The number of morpholine rings is 1. The predicted octanol–water partition coefficient (Wildman–Crippen LogP) is 0.891. The Kier molecular flexibility index (Phi) is 4.72. The SMILES string of the molecule is CCOCc1nc(NC)cc(N2CCOCC2)n1. The molecule has 1 aliphatic heterocycles. The van der Waals surface area contributed by atoms with E-state index in [0.717, 1.165) is 37.9 Å². The molecule has 1 aromatic heterocycles. The monoisotopic (exact) mass is 252 g/mol. The van der Waals surface area contributed by atoms with Gasteiger partial charge >= 0.3 is 0 Å². The van der Waals surface area contributed by atoms with Crippen LogP contribution in [0.2, 0.25) is 0 Å². The van der Waals surface area contributed by atoms with Gasteiger partial charge in [-0.05, 0) is 6.92 Å². The van der Waals surface area contributed by atoms with Gasteiger partial charge in [-0.15, -0.1) is 0 Å². The highest BCUT2D eigenvalue weighted by atomic mass is 16.5. The normalized spacial score (nSPS) is 15.8. The van der Waals surface area contributed by atoms with Gasteiger partial charge in [-0.3, -0.25) is 0 Å². The molecular weight excluding hydrogens is 232 g/mol. The Labute approximate surface area is 107 Å². The Hall–Kier alpha value is -1.40. The van der Waals surface area contributed by atoms with Gasteiger partial charge in [0.15, 0.2) is 5.82 Å². The smallest absolute Gasteiger partial charge is 0.158 e. The zero-order chi connectivity index (χ0) is 12.8. The summed E-state index contributed by atoms with van der Waals surface area (Å²) in [6, 6.07) is 1.96. The molecule has 0 atom stereocenters. The lowest BCUT2D eigenvalue weighted by Gasteiger charge is -2.28. The number of aromatic nitrogens is 2. The van der Waals surface area contributed by atoms with Crippen LogP contribution in [0.4, 0.5) is 11.6 Å². The average molecular weight is 252 g/mol. The molecule has 2 rings (SSSR count). The van der Waals surface area contributed by atoms with E-state index in [9.17, 15) is 0 Å².